The summed E-state index contributed by atoms with van der Waals surface area (Å²) in [6.07, 6.45) is 1.87. The van der Waals surface area contributed by atoms with E-state index in [0.717, 1.165) is 43.4 Å². The Bertz CT molecular complexity index is 581. The highest BCUT2D eigenvalue weighted by molar-refractivity contribution is 7.13. The minimum Gasteiger partial charge on any atom is -0.346 e. The fourth-order valence-corrected chi connectivity index (χ4v) is 2.94. The summed E-state index contributed by atoms with van der Waals surface area (Å²) in [5.41, 5.74) is 1.09. The number of benzene rings is 1. The summed E-state index contributed by atoms with van der Waals surface area (Å²) in [5, 5.41) is 3.17. The summed E-state index contributed by atoms with van der Waals surface area (Å²) >= 11 is 1.71. The largest absolute Gasteiger partial charge is 0.346 e. The van der Waals surface area contributed by atoms with Crippen LogP contribution >= 0.6 is 23.7 Å². The highest BCUT2D eigenvalue weighted by Gasteiger charge is 2.17. The van der Waals surface area contributed by atoms with E-state index in [1.807, 2.05) is 41.9 Å². The van der Waals surface area contributed by atoms with E-state index >= 15 is 0 Å². The van der Waals surface area contributed by atoms with E-state index in [1.54, 1.807) is 11.3 Å². The first-order valence-corrected chi connectivity index (χ1v) is 7.70. The zero-order valence-electron chi connectivity index (χ0n) is 11.7. The van der Waals surface area contributed by atoms with Crippen LogP contribution in [0.1, 0.15) is 5.56 Å². The van der Waals surface area contributed by atoms with Gasteiger partial charge in [0.2, 0.25) is 0 Å². The average molecular weight is 320 g/mol. The molecular weight excluding hydrogens is 302 g/mol. The van der Waals surface area contributed by atoms with Gasteiger partial charge in [-0.3, -0.25) is 4.90 Å². The topological polar surface area (TPSA) is 19.4 Å². The molecule has 0 atom stereocenters. The van der Waals surface area contributed by atoms with Crippen LogP contribution in [0.15, 0.2) is 41.9 Å². The Hall–Kier alpha value is -1.54. The molecule has 3 nitrogen and oxygen atoms in total. The first-order valence-electron chi connectivity index (χ1n) is 6.82. The molecule has 1 aromatic carbocycles. The summed E-state index contributed by atoms with van der Waals surface area (Å²) in [4.78, 5) is 9.12. The van der Waals surface area contributed by atoms with Crippen molar-refractivity contribution in [2.24, 2.45) is 0 Å². The molecular formula is C16H18ClN3S. The van der Waals surface area contributed by atoms with Gasteiger partial charge in [-0.15, -0.1) is 23.7 Å². The Morgan fingerprint density at radius 3 is 2.52 bits per heavy atom. The molecule has 0 saturated carbocycles. The highest BCUT2D eigenvalue weighted by Crippen LogP contribution is 2.18. The van der Waals surface area contributed by atoms with Crippen molar-refractivity contribution in [2.45, 2.75) is 0 Å². The Morgan fingerprint density at radius 2 is 1.86 bits per heavy atom. The standard InChI is InChI=1S/C16H17N3S.ClH/c1-2-5-15(6-3-1)7-4-9-18-10-12-19(13-11-18)16-17-8-14-20-16;/h1-3,5-6,8,14H,9-13H2;1H. The lowest BCUT2D eigenvalue weighted by Gasteiger charge is -2.33. The van der Waals surface area contributed by atoms with Crippen LogP contribution in [0.2, 0.25) is 0 Å². The second-order valence-corrected chi connectivity index (χ2v) is 5.62. The first-order chi connectivity index (χ1) is 9.92. The zero-order valence-corrected chi connectivity index (χ0v) is 13.4. The third-order valence-corrected chi connectivity index (χ3v) is 4.20. The van der Waals surface area contributed by atoms with Crippen molar-refractivity contribution in [2.75, 3.05) is 37.6 Å². The summed E-state index contributed by atoms with van der Waals surface area (Å²) in [5.74, 6) is 6.48. The van der Waals surface area contributed by atoms with E-state index in [0.29, 0.717) is 0 Å². The Morgan fingerprint density at radius 1 is 1.10 bits per heavy atom. The maximum atomic E-state index is 4.36. The molecule has 1 aliphatic heterocycles. The van der Waals surface area contributed by atoms with Crippen molar-refractivity contribution in [3.63, 3.8) is 0 Å². The zero-order chi connectivity index (χ0) is 13.6. The molecule has 0 unspecified atom stereocenters. The van der Waals surface area contributed by atoms with Crippen molar-refractivity contribution in [3.8, 4) is 11.8 Å². The molecule has 1 aliphatic rings. The minimum atomic E-state index is 0. The fourth-order valence-electron chi connectivity index (χ4n) is 2.24. The lowest BCUT2D eigenvalue weighted by Crippen LogP contribution is -2.46. The van der Waals surface area contributed by atoms with Crippen molar-refractivity contribution >= 4 is 28.9 Å². The third kappa shape index (κ3) is 4.47. The maximum Gasteiger partial charge on any atom is 0.185 e. The number of anilines is 1. The summed E-state index contributed by atoms with van der Waals surface area (Å²) in [7, 11) is 0. The van der Waals surface area contributed by atoms with Gasteiger partial charge < -0.3 is 4.90 Å². The molecule has 0 bridgehead atoms. The predicted octanol–water partition coefficient (Wildman–Crippen LogP) is 2.74. The molecule has 0 spiro atoms. The number of thiazole rings is 1. The van der Waals surface area contributed by atoms with Crippen LogP contribution in [-0.4, -0.2) is 42.6 Å². The molecule has 0 aliphatic carbocycles. The van der Waals surface area contributed by atoms with Gasteiger partial charge in [0.15, 0.2) is 5.13 Å². The number of hydrogen-bond donors (Lipinski definition) is 0. The van der Waals surface area contributed by atoms with Gasteiger partial charge in [0.25, 0.3) is 0 Å². The number of rotatable bonds is 2. The van der Waals surface area contributed by atoms with E-state index < -0.39 is 0 Å². The van der Waals surface area contributed by atoms with Crippen LogP contribution in [-0.2, 0) is 0 Å². The Balaban J connectivity index is 0.00000161. The molecule has 1 aromatic heterocycles. The molecule has 1 fully saturated rings. The van der Waals surface area contributed by atoms with Crippen LogP contribution < -0.4 is 4.90 Å². The molecule has 21 heavy (non-hydrogen) atoms. The van der Waals surface area contributed by atoms with Gasteiger partial charge in [-0.25, -0.2) is 4.98 Å². The van der Waals surface area contributed by atoms with Crippen LogP contribution in [0, 0.1) is 11.8 Å². The summed E-state index contributed by atoms with van der Waals surface area (Å²) < 4.78 is 0. The fraction of sp³-hybridized carbons (Fsp3) is 0.312. The molecule has 2 aromatic rings. The monoisotopic (exact) mass is 319 g/mol. The predicted molar refractivity (Wildman–Crippen MR) is 91.3 cm³/mol. The summed E-state index contributed by atoms with van der Waals surface area (Å²) in [6, 6.07) is 10.2. The number of nitrogens with zero attached hydrogens (tertiary/aromatic N) is 3. The maximum absolute atomic E-state index is 4.36. The van der Waals surface area contributed by atoms with Crippen molar-refractivity contribution < 1.29 is 0 Å². The van der Waals surface area contributed by atoms with Gasteiger partial charge in [-0.1, -0.05) is 30.0 Å². The molecule has 110 valence electrons. The molecule has 5 heteroatoms. The molecule has 0 radical (unpaired) electrons. The lowest BCUT2D eigenvalue weighted by molar-refractivity contribution is 0.288. The van der Waals surface area contributed by atoms with Crippen LogP contribution in [0.5, 0.6) is 0 Å². The van der Waals surface area contributed by atoms with Gasteiger partial charge in [-0.2, -0.15) is 0 Å². The van der Waals surface area contributed by atoms with Gasteiger partial charge in [0.05, 0.1) is 6.54 Å². The van der Waals surface area contributed by atoms with Gasteiger partial charge >= 0.3 is 0 Å². The van der Waals surface area contributed by atoms with E-state index in [-0.39, 0.29) is 12.4 Å². The minimum absolute atomic E-state index is 0. The number of aromatic nitrogens is 1. The average Bonchev–Trinajstić information content (AvgIpc) is 3.03. The Labute approximate surface area is 136 Å². The van der Waals surface area contributed by atoms with E-state index in [2.05, 4.69) is 26.6 Å². The van der Waals surface area contributed by atoms with Crippen LogP contribution in [0.25, 0.3) is 0 Å². The molecule has 3 rings (SSSR count). The van der Waals surface area contributed by atoms with E-state index in [4.69, 9.17) is 0 Å². The lowest BCUT2D eigenvalue weighted by atomic mass is 10.2. The van der Waals surface area contributed by atoms with Crippen molar-refractivity contribution in [1.29, 1.82) is 0 Å². The van der Waals surface area contributed by atoms with Crippen LogP contribution in [0.3, 0.4) is 0 Å². The quantitative estimate of drug-likeness (QED) is 0.793. The van der Waals surface area contributed by atoms with Crippen LogP contribution in [0.4, 0.5) is 5.13 Å². The number of halogens is 1. The summed E-state index contributed by atoms with van der Waals surface area (Å²) in [6.45, 7) is 5.05. The van der Waals surface area contributed by atoms with Crippen molar-refractivity contribution in [3.05, 3.63) is 47.5 Å². The number of hydrogen-bond acceptors (Lipinski definition) is 4. The number of piperazine rings is 1. The molecule has 1 saturated heterocycles. The second kappa shape index (κ2) is 8.04. The molecule has 2 heterocycles. The SMILES string of the molecule is C(#Cc1ccccc1)CN1CCN(c2nccs2)CC1.Cl. The van der Waals surface area contributed by atoms with E-state index in [9.17, 15) is 0 Å². The van der Waals surface area contributed by atoms with Gasteiger partial charge in [0, 0.05) is 43.3 Å². The highest BCUT2D eigenvalue weighted by atomic mass is 35.5. The second-order valence-electron chi connectivity index (χ2n) is 4.75. The normalized spacial score (nSPS) is 15.0. The third-order valence-electron chi connectivity index (χ3n) is 3.37. The molecule has 0 amide bonds. The Kier molecular flexibility index (Phi) is 6.06. The molecule has 0 N–H and O–H groups in total. The smallest absolute Gasteiger partial charge is 0.185 e. The van der Waals surface area contributed by atoms with Gasteiger partial charge in [-0.05, 0) is 12.1 Å². The van der Waals surface area contributed by atoms with Gasteiger partial charge in [0.1, 0.15) is 0 Å². The van der Waals surface area contributed by atoms with E-state index in [1.165, 1.54) is 0 Å². The van der Waals surface area contributed by atoms with Crippen molar-refractivity contribution in [1.82, 2.24) is 9.88 Å². The first kappa shape index (κ1) is 15.8.